The molecule has 0 N–H and O–H groups in total. The molecular formula is C10H23N3OSi. The van der Waals surface area contributed by atoms with Crippen molar-refractivity contribution in [3.63, 3.8) is 0 Å². The van der Waals surface area contributed by atoms with Crippen LogP contribution in [-0.2, 0) is 4.43 Å². The largest absolute Gasteiger partial charge is 0.414 e. The van der Waals surface area contributed by atoms with Crippen LogP contribution in [0, 0.1) is 0 Å². The second-order valence-electron chi connectivity index (χ2n) is 5.53. The van der Waals surface area contributed by atoms with Crippen molar-refractivity contribution < 1.29 is 4.43 Å². The van der Waals surface area contributed by atoms with Crippen LogP contribution < -0.4 is 0 Å². The zero-order valence-electron chi connectivity index (χ0n) is 10.9. The van der Waals surface area contributed by atoms with Crippen molar-refractivity contribution in [2.24, 2.45) is 5.11 Å². The van der Waals surface area contributed by atoms with Gasteiger partial charge in [0.25, 0.3) is 0 Å². The molecule has 88 valence electrons. The fourth-order valence-electron chi connectivity index (χ4n) is 0.915. The smallest absolute Gasteiger partial charge is 0.192 e. The first-order valence-electron chi connectivity index (χ1n) is 5.34. The highest BCUT2D eigenvalue weighted by Gasteiger charge is 2.38. The Hall–Kier alpha value is -0.513. The van der Waals surface area contributed by atoms with E-state index in [-0.39, 0.29) is 17.2 Å². The van der Waals surface area contributed by atoms with Crippen LogP contribution in [0.3, 0.4) is 0 Å². The first-order chi connectivity index (χ1) is 6.62. The normalized spacial score (nSPS) is 16.7. The molecule has 0 aliphatic carbocycles. The molecule has 0 saturated heterocycles. The van der Waals surface area contributed by atoms with Gasteiger partial charge in [-0.05, 0) is 30.6 Å². The standard InChI is InChI=1S/C10H23N3OSi/c1-8(12-13-11)9(2)14-15(6,7)10(3,4)5/h8-9H,1-7H3/t8-,9+/m0/s1. The Kier molecular flexibility index (Phi) is 4.84. The van der Waals surface area contributed by atoms with E-state index in [1.165, 1.54) is 0 Å². The lowest BCUT2D eigenvalue weighted by Crippen LogP contribution is -2.45. The van der Waals surface area contributed by atoms with E-state index >= 15 is 0 Å². The van der Waals surface area contributed by atoms with E-state index < -0.39 is 8.32 Å². The van der Waals surface area contributed by atoms with Gasteiger partial charge in [-0.25, -0.2) is 0 Å². The lowest BCUT2D eigenvalue weighted by atomic mass is 10.2. The van der Waals surface area contributed by atoms with Crippen molar-refractivity contribution in [1.29, 1.82) is 0 Å². The van der Waals surface area contributed by atoms with Gasteiger partial charge in [0.1, 0.15) is 0 Å². The van der Waals surface area contributed by atoms with Crippen molar-refractivity contribution >= 4 is 8.32 Å². The molecule has 0 saturated carbocycles. The van der Waals surface area contributed by atoms with Crippen molar-refractivity contribution in [2.75, 3.05) is 0 Å². The minimum absolute atomic E-state index is 0.0122. The van der Waals surface area contributed by atoms with Crippen LogP contribution >= 0.6 is 0 Å². The maximum Gasteiger partial charge on any atom is 0.192 e. The maximum absolute atomic E-state index is 8.36. The number of rotatable bonds is 4. The Morgan fingerprint density at radius 1 is 1.27 bits per heavy atom. The molecule has 0 heterocycles. The molecule has 0 amide bonds. The predicted molar refractivity (Wildman–Crippen MR) is 66.4 cm³/mol. The zero-order valence-corrected chi connectivity index (χ0v) is 11.9. The molecule has 4 nitrogen and oxygen atoms in total. The molecule has 0 spiro atoms. The van der Waals surface area contributed by atoms with Crippen LogP contribution in [0.4, 0.5) is 0 Å². The van der Waals surface area contributed by atoms with Gasteiger partial charge in [-0.15, -0.1) is 0 Å². The monoisotopic (exact) mass is 229 g/mol. The fraction of sp³-hybridized carbons (Fsp3) is 1.00. The van der Waals surface area contributed by atoms with Crippen LogP contribution in [0.5, 0.6) is 0 Å². The van der Waals surface area contributed by atoms with E-state index in [0.717, 1.165) is 0 Å². The number of nitrogens with zero attached hydrogens (tertiary/aromatic N) is 3. The minimum Gasteiger partial charge on any atom is -0.414 e. The predicted octanol–water partition coefficient (Wildman–Crippen LogP) is 4.10. The van der Waals surface area contributed by atoms with E-state index in [2.05, 4.69) is 43.9 Å². The fourth-order valence-corrected chi connectivity index (χ4v) is 2.40. The van der Waals surface area contributed by atoms with Gasteiger partial charge in [-0.2, -0.15) is 0 Å². The molecule has 0 unspecified atom stereocenters. The summed E-state index contributed by atoms with van der Waals surface area (Å²) in [4.78, 5) is 2.81. The van der Waals surface area contributed by atoms with E-state index in [0.29, 0.717) is 0 Å². The summed E-state index contributed by atoms with van der Waals surface area (Å²) in [5.74, 6) is 0. The average molecular weight is 229 g/mol. The molecule has 0 bridgehead atoms. The summed E-state index contributed by atoms with van der Waals surface area (Å²) in [6.45, 7) is 14.9. The third kappa shape index (κ3) is 4.24. The quantitative estimate of drug-likeness (QED) is 0.310. The Bertz CT molecular complexity index is 254. The third-order valence-electron chi connectivity index (χ3n) is 3.20. The van der Waals surface area contributed by atoms with Gasteiger partial charge >= 0.3 is 0 Å². The lowest BCUT2D eigenvalue weighted by molar-refractivity contribution is 0.176. The Morgan fingerprint density at radius 2 is 1.73 bits per heavy atom. The molecule has 0 rings (SSSR count). The van der Waals surface area contributed by atoms with Crippen molar-refractivity contribution in [1.82, 2.24) is 0 Å². The Morgan fingerprint density at radius 3 is 2.07 bits per heavy atom. The summed E-state index contributed by atoms with van der Waals surface area (Å²) in [5, 5.41) is 3.86. The highest BCUT2D eigenvalue weighted by atomic mass is 28.4. The second kappa shape index (κ2) is 5.01. The van der Waals surface area contributed by atoms with Crippen LogP contribution in [0.1, 0.15) is 34.6 Å². The van der Waals surface area contributed by atoms with Crippen LogP contribution in [-0.4, -0.2) is 20.5 Å². The highest BCUT2D eigenvalue weighted by Crippen LogP contribution is 2.37. The average Bonchev–Trinajstić information content (AvgIpc) is 2.01. The minimum atomic E-state index is -1.74. The number of hydrogen-bond donors (Lipinski definition) is 0. The molecular weight excluding hydrogens is 206 g/mol. The summed E-state index contributed by atoms with van der Waals surface area (Å²) >= 11 is 0. The molecule has 0 aliphatic rings. The molecule has 5 heteroatoms. The van der Waals surface area contributed by atoms with Crippen molar-refractivity contribution in [3.05, 3.63) is 10.4 Å². The Labute approximate surface area is 93.8 Å². The van der Waals surface area contributed by atoms with Gasteiger partial charge in [-0.3, -0.25) is 0 Å². The zero-order chi connectivity index (χ0) is 12.3. The molecule has 0 aromatic carbocycles. The van der Waals surface area contributed by atoms with Gasteiger partial charge < -0.3 is 4.43 Å². The van der Waals surface area contributed by atoms with E-state index in [9.17, 15) is 0 Å². The molecule has 0 aromatic rings. The molecule has 0 radical (unpaired) electrons. The van der Waals surface area contributed by atoms with Gasteiger partial charge in [0.15, 0.2) is 8.32 Å². The van der Waals surface area contributed by atoms with Crippen LogP contribution in [0.2, 0.25) is 18.1 Å². The van der Waals surface area contributed by atoms with E-state index in [4.69, 9.17) is 9.96 Å². The number of hydrogen-bond acceptors (Lipinski definition) is 2. The highest BCUT2D eigenvalue weighted by molar-refractivity contribution is 6.74. The van der Waals surface area contributed by atoms with Gasteiger partial charge in [-0.1, -0.05) is 32.8 Å². The summed E-state index contributed by atoms with van der Waals surface area (Å²) in [5.41, 5.74) is 8.36. The molecule has 15 heavy (non-hydrogen) atoms. The Balaban J connectivity index is 4.53. The molecule has 2 atom stereocenters. The summed E-state index contributed by atoms with van der Waals surface area (Å²) in [6, 6.07) is -0.107. The first kappa shape index (κ1) is 14.5. The topological polar surface area (TPSA) is 58.0 Å². The van der Waals surface area contributed by atoms with Crippen LogP contribution in [0.25, 0.3) is 10.4 Å². The molecule has 0 aromatic heterocycles. The second-order valence-corrected chi connectivity index (χ2v) is 10.3. The first-order valence-corrected chi connectivity index (χ1v) is 8.24. The van der Waals surface area contributed by atoms with E-state index in [1.54, 1.807) is 0 Å². The van der Waals surface area contributed by atoms with Crippen molar-refractivity contribution in [2.45, 2.75) is 64.9 Å². The van der Waals surface area contributed by atoms with Gasteiger partial charge in [0.2, 0.25) is 0 Å². The number of azide groups is 1. The lowest BCUT2D eigenvalue weighted by Gasteiger charge is -2.39. The van der Waals surface area contributed by atoms with Gasteiger partial charge in [0, 0.05) is 4.91 Å². The molecule has 0 fully saturated rings. The van der Waals surface area contributed by atoms with Gasteiger partial charge in [0.05, 0.1) is 12.1 Å². The summed E-state index contributed by atoms with van der Waals surface area (Å²) < 4.78 is 6.09. The molecule has 0 aliphatic heterocycles. The maximum atomic E-state index is 8.36. The summed E-state index contributed by atoms with van der Waals surface area (Å²) in [7, 11) is -1.74. The van der Waals surface area contributed by atoms with Crippen LogP contribution in [0.15, 0.2) is 5.11 Å². The summed E-state index contributed by atoms with van der Waals surface area (Å²) in [6.07, 6.45) is -0.0122. The third-order valence-corrected chi connectivity index (χ3v) is 7.77. The SMILES string of the molecule is C[C@H](N=[N+]=[N-])[C@@H](C)O[Si](C)(C)C(C)(C)C. The van der Waals surface area contributed by atoms with Crippen molar-refractivity contribution in [3.8, 4) is 0 Å². The van der Waals surface area contributed by atoms with E-state index in [1.807, 2.05) is 13.8 Å².